The van der Waals surface area contributed by atoms with E-state index >= 15 is 0 Å². The Morgan fingerprint density at radius 2 is 2.29 bits per heavy atom. The van der Waals surface area contributed by atoms with E-state index in [-0.39, 0.29) is 0 Å². The molecule has 1 N–H and O–H groups in total. The van der Waals surface area contributed by atoms with Crippen LogP contribution in [0.3, 0.4) is 0 Å². The van der Waals surface area contributed by atoms with Crippen molar-refractivity contribution in [3.05, 3.63) is 46.6 Å². The van der Waals surface area contributed by atoms with Gasteiger partial charge in [-0.3, -0.25) is 0 Å². The molecule has 0 unspecified atom stereocenters. The highest BCUT2D eigenvalue weighted by Gasteiger charge is 2.00. The van der Waals surface area contributed by atoms with Gasteiger partial charge in [-0.05, 0) is 30.2 Å². The van der Waals surface area contributed by atoms with Crippen LogP contribution in [0.2, 0.25) is 5.02 Å². The van der Waals surface area contributed by atoms with E-state index in [0.717, 1.165) is 30.4 Å². The summed E-state index contributed by atoms with van der Waals surface area (Å²) >= 11 is 5.90. The number of hydrogen-bond donors (Lipinski definition) is 1. The van der Waals surface area contributed by atoms with E-state index in [9.17, 15) is 0 Å². The van der Waals surface area contributed by atoms with Gasteiger partial charge in [0.25, 0.3) is 0 Å². The summed E-state index contributed by atoms with van der Waals surface area (Å²) in [6.07, 6.45) is 2.11. The van der Waals surface area contributed by atoms with Gasteiger partial charge in [0.2, 0.25) is 6.39 Å². The van der Waals surface area contributed by atoms with Gasteiger partial charge in [-0.25, -0.2) is 0 Å². The Hall–Kier alpha value is -1.39. The highest BCUT2D eigenvalue weighted by atomic mass is 35.5. The average molecular weight is 252 g/mol. The first-order valence-corrected chi connectivity index (χ1v) is 5.84. The average Bonchev–Trinajstić information content (AvgIpc) is 2.79. The predicted octanol–water partition coefficient (Wildman–Crippen LogP) is 2.36. The molecule has 0 amide bonds. The topological polar surface area (TPSA) is 51.0 Å². The Bertz CT molecular complexity index is 471. The molecule has 0 saturated heterocycles. The maximum absolute atomic E-state index is 5.90. The predicted molar refractivity (Wildman–Crippen MR) is 65.9 cm³/mol. The fraction of sp³-hybridized carbons (Fsp3) is 0.333. The molecule has 5 heteroatoms. The zero-order valence-corrected chi connectivity index (χ0v) is 10.4. The van der Waals surface area contributed by atoms with E-state index in [1.165, 1.54) is 17.5 Å². The number of nitrogens with zero attached hydrogens (tertiary/aromatic N) is 2. The zero-order valence-electron chi connectivity index (χ0n) is 9.61. The summed E-state index contributed by atoms with van der Waals surface area (Å²) in [6, 6.07) is 5.92. The molecular formula is C12H14ClN3O. The molecule has 0 spiro atoms. The number of rotatable bonds is 5. The third-order valence-electron chi connectivity index (χ3n) is 2.55. The number of aromatic nitrogens is 2. The Morgan fingerprint density at radius 1 is 1.41 bits per heavy atom. The normalized spacial score (nSPS) is 10.7. The quantitative estimate of drug-likeness (QED) is 0.829. The van der Waals surface area contributed by atoms with Crippen LogP contribution in [-0.2, 0) is 13.0 Å². The van der Waals surface area contributed by atoms with Gasteiger partial charge >= 0.3 is 0 Å². The fourth-order valence-corrected chi connectivity index (χ4v) is 1.81. The van der Waals surface area contributed by atoms with Crippen molar-refractivity contribution in [3.63, 3.8) is 0 Å². The van der Waals surface area contributed by atoms with Crippen molar-refractivity contribution >= 4 is 11.6 Å². The second-order valence-electron chi connectivity index (χ2n) is 3.85. The number of nitrogens with one attached hydrogen (secondary N) is 1. The SMILES string of the molecule is Cc1cc(Cl)ccc1CNCCc1ncon1. The Morgan fingerprint density at radius 3 is 3.00 bits per heavy atom. The molecular weight excluding hydrogens is 238 g/mol. The molecule has 0 aliphatic rings. The Kier molecular flexibility index (Phi) is 4.12. The molecule has 2 aromatic rings. The standard InChI is InChI=1S/C12H14ClN3O/c1-9-6-11(13)3-2-10(9)7-14-5-4-12-15-8-17-16-12/h2-3,6,8,14H,4-5,7H2,1H3. The van der Waals surface area contributed by atoms with Crippen molar-refractivity contribution in [2.24, 2.45) is 0 Å². The Balaban J connectivity index is 1.78. The third kappa shape index (κ3) is 3.54. The van der Waals surface area contributed by atoms with Gasteiger partial charge in [-0.15, -0.1) is 0 Å². The van der Waals surface area contributed by atoms with Crippen LogP contribution in [0.15, 0.2) is 29.1 Å². The Labute approximate surface area is 105 Å². The molecule has 0 bridgehead atoms. The van der Waals surface area contributed by atoms with Crippen LogP contribution in [0.5, 0.6) is 0 Å². The lowest BCUT2D eigenvalue weighted by molar-refractivity contribution is 0.409. The molecule has 17 heavy (non-hydrogen) atoms. The van der Waals surface area contributed by atoms with E-state index in [0.29, 0.717) is 0 Å². The highest BCUT2D eigenvalue weighted by Crippen LogP contribution is 2.14. The lowest BCUT2D eigenvalue weighted by Gasteiger charge is -2.07. The summed E-state index contributed by atoms with van der Waals surface area (Å²) in [7, 11) is 0. The van der Waals surface area contributed by atoms with Crippen LogP contribution in [0.4, 0.5) is 0 Å². The molecule has 1 aromatic carbocycles. The molecule has 0 saturated carbocycles. The monoisotopic (exact) mass is 251 g/mol. The summed E-state index contributed by atoms with van der Waals surface area (Å²) in [5.41, 5.74) is 2.45. The van der Waals surface area contributed by atoms with E-state index in [4.69, 9.17) is 11.6 Å². The summed E-state index contributed by atoms with van der Waals surface area (Å²) < 4.78 is 4.66. The molecule has 0 aliphatic heterocycles. The van der Waals surface area contributed by atoms with E-state index in [1.807, 2.05) is 18.2 Å². The maximum Gasteiger partial charge on any atom is 0.213 e. The van der Waals surface area contributed by atoms with Crippen LogP contribution < -0.4 is 5.32 Å². The summed E-state index contributed by atoms with van der Waals surface area (Å²) in [4.78, 5) is 3.95. The first-order valence-electron chi connectivity index (χ1n) is 5.46. The van der Waals surface area contributed by atoms with Crippen molar-refractivity contribution in [2.75, 3.05) is 6.54 Å². The van der Waals surface area contributed by atoms with Gasteiger partial charge in [0.05, 0.1) is 0 Å². The van der Waals surface area contributed by atoms with Crippen molar-refractivity contribution in [2.45, 2.75) is 19.9 Å². The van der Waals surface area contributed by atoms with Crippen LogP contribution in [0.1, 0.15) is 17.0 Å². The van der Waals surface area contributed by atoms with Gasteiger partial charge in [-0.1, -0.05) is 22.8 Å². The molecule has 4 nitrogen and oxygen atoms in total. The van der Waals surface area contributed by atoms with Crippen molar-refractivity contribution in [3.8, 4) is 0 Å². The second-order valence-corrected chi connectivity index (χ2v) is 4.28. The van der Waals surface area contributed by atoms with Crippen molar-refractivity contribution in [1.82, 2.24) is 15.5 Å². The molecule has 0 aliphatic carbocycles. The van der Waals surface area contributed by atoms with Gasteiger partial charge in [0, 0.05) is 24.5 Å². The second kappa shape index (κ2) is 5.80. The number of benzene rings is 1. The molecule has 1 aromatic heterocycles. The van der Waals surface area contributed by atoms with Crippen LogP contribution in [-0.4, -0.2) is 16.7 Å². The molecule has 0 fully saturated rings. The van der Waals surface area contributed by atoms with Crippen LogP contribution in [0.25, 0.3) is 0 Å². The minimum absolute atomic E-state index is 0.727. The fourth-order valence-electron chi connectivity index (χ4n) is 1.58. The lowest BCUT2D eigenvalue weighted by atomic mass is 10.1. The van der Waals surface area contributed by atoms with E-state index < -0.39 is 0 Å². The molecule has 0 radical (unpaired) electrons. The summed E-state index contributed by atoms with van der Waals surface area (Å²) in [5, 5.41) is 7.86. The molecule has 0 atom stereocenters. The van der Waals surface area contributed by atoms with Gasteiger partial charge in [0.1, 0.15) is 0 Å². The molecule has 1 heterocycles. The van der Waals surface area contributed by atoms with Gasteiger partial charge in [0.15, 0.2) is 5.82 Å². The molecule has 90 valence electrons. The lowest BCUT2D eigenvalue weighted by Crippen LogP contribution is -2.17. The van der Waals surface area contributed by atoms with Gasteiger partial charge in [-0.2, -0.15) is 4.98 Å². The number of halogens is 1. The summed E-state index contributed by atoms with van der Waals surface area (Å²) in [6.45, 7) is 3.70. The van der Waals surface area contributed by atoms with Gasteiger partial charge < -0.3 is 9.84 Å². The largest absolute Gasteiger partial charge is 0.343 e. The highest BCUT2D eigenvalue weighted by molar-refractivity contribution is 6.30. The van der Waals surface area contributed by atoms with E-state index in [1.54, 1.807) is 0 Å². The first-order chi connectivity index (χ1) is 8.25. The smallest absolute Gasteiger partial charge is 0.213 e. The van der Waals surface area contributed by atoms with Crippen molar-refractivity contribution < 1.29 is 4.52 Å². The minimum atomic E-state index is 0.727. The summed E-state index contributed by atoms with van der Waals surface area (Å²) in [5.74, 6) is 0.727. The first kappa shape index (κ1) is 12.1. The maximum atomic E-state index is 5.90. The zero-order chi connectivity index (χ0) is 12.1. The van der Waals surface area contributed by atoms with Crippen LogP contribution in [0, 0.1) is 6.92 Å². The number of aryl methyl sites for hydroxylation is 1. The minimum Gasteiger partial charge on any atom is -0.343 e. The third-order valence-corrected chi connectivity index (χ3v) is 2.79. The van der Waals surface area contributed by atoms with Crippen LogP contribution >= 0.6 is 11.6 Å². The number of hydrogen-bond acceptors (Lipinski definition) is 4. The van der Waals surface area contributed by atoms with Crippen molar-refractivity contribution in [1.29, 1.82) is 0 Å². The van der Waals surface area contributed by atoms with E-state index in [2.05, 4.69) is 26.9 Å². The molecule has 2 rings (SSSR count).